The molecular formula is C24H33N5O. The van der Waals surface area contributed by atoms with Gasteiger partial charge < -0.3 is 9.47 Å². The fourth-order valence-electron chi connectivity index (χ4n) is 5.60. The van der Waals surface area contributed by atoms with Crippen LogP contribution in [-0.2, 0) is 24.3 Å². The molecule has 1 saturated heterocycles. The number of nitrogens with zero attached hydrogens (tertiary/aromatic N) is 5. The summed E-state index contributed by atoms with van der Waals surface area (Å²) in [5.74, 6) is 2.76. The first-order chi connectivity index (χ1) is 14.7. The molecule has 0 N–H and O–H groups in total. The molecule has 30 heavy (non-hydrogen) atoms. The molecule has 1 amide bonds. The Labute approximate surface area is 179 Å². The van der Waals surface area contributed by atoms with Crippen molar-refractivity contribution in [1.29, 1.82) is 0 Å². The molecule has 0 bridgehead atoms. The van der Waals surface area contributed by atoms with Gasteiger partial charge in [-0.2, -0.15) is 0 Å². The van der Waals surface area contributed by atoms with E-state index in [0.29, 0.717) is 12.3 Å². The third-order valence-electron chi connectivity index (χ3n) is 7.23. The number of piperidine rings is 1. The Hall–Kier alpha value is -2.21. The van der Waals surface area contributed by atoms with E-state index < -0.39 is 0 Å². The van der Waals surface area contributed by atoms with Crippen molar-refractivity contribution in [2.45, 2.75) is 76.9 Å². The summed E-state index contributed by atoms with van der Waals surface area (Å²) in [6.07, 6.45) is 8.03. The number of rotatable bonds is 4. The molecule has 1 atom stereocenters. The molecule has 2 aromatic rings. The van der Waals surface area contributed by atoms with Crippen molar-refractivity contribution in [3.63, 3.8) is 0 Å². The molecule has 6 heteroatoms. The lowest BCUT2D eigenvalue weighted by atomic mass is 9.96. The van der Waals surface area contributed by atoms with E-state index in [-0.39, 0.29) is 5.91 Å². The van der Waals surface area contributed by atoms with Gasteiger partial charge in [-0.25, -0.2) is 0 Å². The van der Waals surface area contributed by atoms with Crippen LogP contribution in [0.5, 0.6) is 0 Å². The third-order valence-corrected chi connectivity index (χ3v) is 7.23. The first-order valence-electron chi connectivity index (χ1n) is 11.7. The summed E-state index contributed by atoms with van der Waals surface area (Å²) in [5.41, 5.74) is 2.31. The average molecular weight is 408 g/mol. The standard InChI is InChI=1S/C24H33N5O/c1-18-6-4-7-19(14-18)15-23(30)28-11-5-8-20(16-28)24-26-25-22-17-27(12-13-29(22)24)21-9-2-3-10-21/h4,6-7,14,20-21H,2-3,5,8-13,15-17H2,1H3. The van der Waals surface area contributed by atoms with Gasteiger partial charge in [0.15, 0.2) is 0 Å². The van der Waals surface area contributed by atoms with Crippen LogP contribution < -0.4 is 0 Å². The number of fused-ring (bicyclic) bond motifs is 1. The predicted octanol–water partition coefficient (Wildman–Crippen LogP) is 3.29. The number of carbonyl (C=O) groups excluding carboxylic acids is 1. The molecule has 2 aliphatic heterocycles. The normalized spacial score (nSPS) is 23.0. The number of hydrogen-bond donors (Lipinski definition) is 0. The Morgan fingerprint density at radius 2 is 1.93 bits per heavy atom. The quantitative estimate of drug-likeness (QED) is 0.780. The Bertz CT molecular complexity index is 901. The fraction of sp³-hybridized carbons (Fsp3) is 0.625. The van der Waals surface area contributed by atoms with Crippen molar-refractivity contribution >= 4 is 5.91 Å². The van der Waals surface area contributed by atoms with E-state index in [0.717, 1.165) is 68.8 Å². The topological polar surface area (TPSA) is 54.3 Å². The maximum absolute atomic E-state index is 12.9. The number of likely N-dealkylation sites (tertiary alicyclic amines) is 1. The van der Waals surface area contributed by atoms with Crippen LogP contribution in [-0.4, -0.2) is 56.1 Å². The van der Waals surface area contributed by atoms with Crippen LogP contribution in [0.25, 0.3) is 0 Å². The van der Waals surface area contributed by atoms with E-state index in [2.05, 4.69) is 44.8 Å². The van der Waals surface area contributed by atoms with Gasteiger partial charge in [0.2, 0.25) is 5.91 Å². The van der Waals surface area contributed by atoms with E-state index >= 15 is 0 Å². The van der Waals surface area contributed by atoms with Gasteiger partial charge in [0, 0.05) is 38.1 Å². The van der Waals surface area contributed by atoms with E-state index in [1.165, 1.54) is 31.2 Å². The highest BCUT2D eigenvalue weighted by Crippen LogP contribution is 2.30. The van der Waals surface area contributed by atoms with Crippen LogP contribution >= 0.6 is 0 Å². The van der Waals surface area contributed by atoms with Crippen LogP contribution in [0.1, 0.15) is 67.2 Å². The Morgan fingerprint density at radius 1 is 1.07 bits per heavy atom. The smallest absolute Gasteiger partial charge is 0.227 e. The molecule has 0 spiro atoms. The monoisotopic (exact) mass is 407 g/mol. The van der Waals surface area contributed by atoms with Gasteiger partial charge >= 0.3 is 0 Å². The molecule has 0 radical (unpaired) electrons. The average Bonchev–Trinajstić information content (AvgIpc) is 3.43. The Morgan fingerprint density at radius 3 is 2.77 bits per heavy atom. The summed E-state index contributed by atoms with van der Waals surface area (Å²) in [4.78, 5) is 17.6. The summed E-state index contributed by atoms with van der Waals surface area (Å²) in [6.45, 7) is 6.73. The van der Waals surface area contributed by atoms with Crippen LogP contribution in [0.2, 0.25) is 0 Å². The van der Waals surface area contributed by atoms with Gasteiger partial charge in [0.25, 0.3) is 0 Å². The SMILES string of the molecule is Cc1cccc(CC(=O)N2CCCC(c3nnc4n3CCN(C3CCCC3)C4)C2)c1. The Kier molecular flexibility index (Phi) is 5.59. The first-order valence-corrected chi connectivity index (χ1v) is 11.7. The van der Waals surface area contributed by atoms with E-state index in [4.69, 9.17) is 0 Å². The molecular weight excluding hydrogens is 374 g/mol. The first kappa shape index (κ1) is 19.7. The molecule has 1 unspecified atom stereocenters. The van der Waals surface area contributed by atoms with Crippen molar-refractivity contribution < 1.29 is 4.79 Å². The molecule has 1 saturated carbocycles. The number of aromatic nitrogens is 3. The molecule has 1 aromatic carbocycles. The van der Waals surface area contributed by atoms with Gasteiger partial charge in [-0.3, -0.25) is 9.69 Å². The third kappa shape index (κ3) is 4.02. The predicted molar refractivity (Wildman–Crippen MR) is 116 cm³/mol. The number of carbonyl (C=O) groups is 1. The number of amides is 1. The number of hydrogen-bond acceptors (Lipinski definition) is 4. The largest absolute Gasteiger partial charge is 0.342 e. The lowest BCUT2D eigenvalue weighted by molar-refractivity contribution is -0.131. The summed E-state index contributed by atoms with van der Waals surface area (Å²) >= 11 is 0. The molecule has 3 heterocycles. The van der Waals surface area contributed by atoms with E-state index in [1.807, 2.05) is 11.0 Å². The van der Waals surface area contributed by atoms with Crippen LogP contribution in [0.15, 0.2) is 24.3 Å². The maximum Gasteiger partial charge on any atom is 0.227 e. The Balaban J connectivity index is 1.25. The van der Waals surface area contributed by atoms with Gasteiger partial charge in [0.05, 0.1) is 13.0 Å². The van der Waals surface area contributed by atoms with E-state index in [1.54, 1.807) is 0 Å². The number of benzene rings is 1. The summed E-state index contributed by atoms with van der Waals surface area (Å²) < 4.78 is 2.35. The molecule has 3 aliphatic rings. The summed E-state index contributed by atoms with van der Waals surface area (Å²) in [5, 5.41) is 9.19. The fourth-order valence-corrected chi connectivity index (χ4v) is 5.60. The lowest BCUT2D eigenvalue weighted by Gasteiger charge is -2.35. The highest BCUT2D eigenvalue weighted by Gasteiger charge is 2.32. The van der Waals surface area contributed by atoms with Crippen molar-refractivity contribution in [2.24, 2.45) is 0 Å². The minimum atomic E-state index is 0.232. The number of aryl methyl sites for hydroxylation is 1. The van der Waals surface area contributed by atoms with Gasteiger partial charge in [0.1, 0.15) is 11.6 Å². The molecule has 160 valence electrons. The van der Waals surface area contributed by atoms with Crippen molar-refractivity contribution in [3.8, 4) is 0 Å². The van der Waals surface area contributed by atoms with Crippen LogP contribution in [0.3, 0.4) is 0 Å². The molecule has 1 aromatic heterocycles. The van der Waals surface area contributed by atoms with Crippen molar-refractivity contribution in [2.75, 3.05) is 19.6 Å². The second kappa shape index (κ2) is 8.50. The highest BCUT2D eigenvalue weighted by atomic mass is 16.2. The molecule has 1 aliphatic carbocycles. The van der Waals surface area contributed by atoms with Crippen molar-refractivity contribution in [3.05, 3.63) is 47.0 Å². The van der Waals surface area contributed by atoms with Crippen molar-refractivity contribution in [1.82, 2.24) is 24.6 Å². The van der Waals surface area contributed by atoms with Gasteiger partial charge in [-0.15, -0.1) is 10.2 Å². The lowest BCUT2D eigenvalue weighted by Crippen LogP contribution is -2.42. The molecule has 6 nitrogen and oxygen atoms in total. The second-order valence-corrected chi connectivity index (χ2v) is 9.38. The zero-order valence-corrected chi connectivity index (χ0v) is 18.1. The second-order valence-electron chi connectivity index (χ2n) is 9.38. The van der Waals surface area contributed by atoms with Crippen LogP contribution in [0.4, 0.5) is 0 Å². The van der Waals surface area contributed by atoms with Crippen LogP contribution in [0, 0.1) is 6.92 Å². The van der Waals surface area contributed by atoms with Gasteiger partial charge in [-0.05, 0) is 38.2 Å². The minimum absolute atomic E-state index is 0.232. The zero-order chi connectivity index (χ0) is 20.5. The zero-order valence-electron chi connectivity index (χ0n) is 18.1. The minimum Gasteiger partial charge on any atom is -0.342 e. The molecule has 2 fully saturated rings. The van der Waals surface area contributed by atoms with Gasteiger partial charge in [-0.1, -0.05) is 42.7 Å². The maximum atomic E-state index is 12.9. The highest BCUT2D eigenvalue weighted by molar-refractivity contribution is 5.79. The molecule has 5 rings (SSSR count). The van der Waals surface area contributed by atoms with E-state index in [9.17, 15) is 4.79 Å². The summed E-state index contributed by atoms with van der Waals surface area (Å²) in [6, 6.07) is 9.02. The summed E-state index contributed by atoms with van der Waals surface area (Å²) in [7, 11) is 0.